The van der Waals surface area contributed by atoms with E-state index in [1.54, 1.807) is 34.1 Å². The van der Waals surface area contributed by atoms with E-state index in [2.05, 4.69) is 0 Å². The second-order valence-corrected chi connectivity index (χ2v) is 9.57. The van der Waals surface area contributed by atoms with E-state index in [0.717, 1.165) is 16.8 Å². The Balaban J connectivity index is 1.82. The van der Waals surface area contributed by atoms with Crippen LogP contribution in [0.5, 0.6) is 0 Å². The van der Waals surface area contributed by atoms with Crippen LogP contribution in [0.25, 0.3) is 0 Å². The topological polar surface area (TPSA) is 57.7 Å². The first-order valence-electron chi connectivity index (χ1n) is 8.42. The molecule has 0 bridgehead atoms. The predicted molar refractivity (Wildman–Crippen MR) is 104 cm³/mol. The molecule has 2 aromatic carbocycles. The summed E-state index contributed by atoms with van der Waals surface area (Å²) in [5.41, 5.74) is 3.55. The van der Waals surface area contributed by atoms with Crippen molar-refractivity contribution in [3.8, 4) is 0 Å². The summed E-state index contributed by atoms with van der Waals surface area (Å²) >= 11 is 6.09. The van der Waals surface area contributed by atoms with E-state index in [4.69, 9.17) is 11.6 Å². The number of carbonyl (C=O) groups excluding carboxylic acids is 1. The van der Waals surface area contributed by atoms with Crippen LogP contribution in [0, 0.1) is 13.8 Å². The Kier molecular flexibility index (Phi) is 4.00. The van der Waals surface area contributed by atoms with E-state index >= 15 is 0 Å². The number of hydrogen-bond donors (Lipinski definition) is 0. The van der Waals surface area contributed by atoms with Crippen molar-refractivity contribution in [2.75, 3.05) is 21.3 Å². The van der Waals surface area contributed by atoms with Gasteiger partial charge in [0.1, 0.15) is 0 Å². The van der Waals surface area contributed by atoms with Gasteiger partial charge in [0, 0.05) is 16.4 Å². The average Bonchev–Trinajstić information content (AvgIpc) is 2.99. The minimum absolute atomic E-state index is 0.0204. The molecule has 2 aliphatic rings. The van der Waals surface area contributed by atoms with E-state index in [1.165, 1.54) is 0 Å². The Bertz CT molecular complexity index is 1010. The van der Waals surface area contributed by atoms with E-state index in [9.17, 15) is 13.2 Å². The molecule has 0 N–H and O–H groups in total. The summed E-state index contributed by atoms with van der Waals surface area (Å²) in [4.78, 5) is 16.5. The van der Waals surface area contributed by atoms with Crippen LogP contribution in [0.2, 0.25) is 5.02 Å². The minimum Gasteiger partial charge on any atom is -0.288 e. The third-order valence-electron chi connectivity index (χ3n) is 5.22. The number of benzene rings is 2. The van der Waals surface area contributed by atoms with Gasteiger partial charge in [0.15, 0.2) is 9.84 Å². The lowest BCUT2D eigenvalue weighted by molar-refractivity contribution is 0.255. The fraction of sp³-hybridized carbons (Fsp3) is 0.316. The van der Waals surface area contributed by atoms with E-state index < -0.39 is 21.9 Å². The molecule has 2 aliphatic heterocycles. The van der Waals surface area contributed by atoms with Gasteiger partial charge in [-0.25, -0.2) is 13.2 Å². The number of halogens is 1. The monoisotopic (exact) mass is 390 g/mol. The first kappa shape index (κ1) is 17.4. The highest BCUT2D eigenvalue weighted by Crippen LogP contribution is 2.38. The van der Waals surface area contributed by atoms with Crippen molar-refractivity contribution >= 4 is 38.8 Å². The van der Waals surface area contributed by atoms with Crippen molar-refractivity contribution in [3.63, 3.8) is 0 Å². The summed E-state index contributed by atoms with van der Waals surface area (Å²) in [6.45, 7) is 3.99. The summed E-state index contributed by atoms with van der Waals surface area (Å²) < 4.78 is 24.6. The van der Waals surface area contributed by atoms with Gasteiger partial charge >= 0.3 is 6.03 Å². The molecule has 26 heavy (non-hydrogen) atoms. The number of nitrogens with zero attached hydrogens (tertiary/aromatic N) is 2. The van der Waals surface area contributed by atoms with Crippen LogP contribution in [0.1, 0.15) is 11.1 Å². The molecule has 2 heterocycles. The minimum atomic E-state index is -3.21. The zero-order chi connectivity index (χ0) is 18.6. The number of fused-ring (bicyclic) bond motifs is 1. The van der Waals surface area contributed by atoms with Crippen LogP contribution in [0.3, 0.4) is 0 Å². The number of urea groups is 1. The van der Waals surface area contributed by atoms with Crippen LogP contribution in [-0.4, -0.2) is 38.0 Å². The summed E-state index contributed by atoms with van der Waals surface area (Å²) in [6, 6.07) is 11.7. The second kappa shape index (κ2) is 5.99. The first-order chi connectivity index (χ1) is 12.3. The smallest absolute Gasteiger partial charge is 0.288 e. The van der Waals surface area contributed by atoms with Gasteiger partial charge in [-0.3, -0.25) is 9.80 Å². The van der Waals surface area contributed by atoms with E-state index in [-0.39, 0.29) is 17.5 Å². The van der Waals surface area contributed by atoms with Crippen molar-refractivity contribution < 1.29 is 13.2 Å². The molecule has 0 unspecified atom stereocenters. The maximum atomic E-state index is 13.3. The SMILES string of the molecule is Cc1ccc(N2C(=O)N(c3cccc(Cl)c3)[C@@H]3CS(=O)(=O)C[C@@H]32)cc1C. The zero-order valence-corrected chi connectivity index (χ0v) is 16.1. The van der Waals surface area contributed by atoms with Crippen molar-refractivity contribution in [3.05, 3.63) is 58.6 Å². The van der Waals surface area contributed by atoms with Gasteiger partial charge in [-0.05, 0) is 55.3 Å². The number of sulfone groups is 1. The second-order valence-electron chi connectivity index (χ2n) is 6.98. The van der Waals surface area contributed by atoms with Crippen molar-refractivity contribution in [2.24, 2.45) is 0 Å². The molecule has 2 atom stereocenters. The van der Waals surface area contributed by atoms with Crippen LogP contribution in [-0.2, 0) is 9.84 Å². The molecule has 7 heteroatoms. The Morgan fingerprint density at radius 2 is 1.54 bits per heavy atom. The number of hydrogen-bond acceptors (Lipinski definition) is 3. The Morgan fingerprint density at radius 1 is 0.923 bits per heavy atom. The molecule has 0 aromatic heterocycles. The molecule has 2 fully saturated rings. The molecular formula is C19H19ClN2O3S. The largest absolute Gasteiger partial charge is 0.329 e. The molecule has 136 valence electrons. The van der Waals surface area contributed by atoms with Gasteiger partial charge in [-0.15, -0.1) is 0 Å². The molecule has 0 saturated carbocycles. The highest BCUT2D eigenvalue weighted by atomic mass is 35.5. The molecule has 2 aromatic rings. The maximum absolute atomic E-state index is 13.3. The molecule has 0 aliphatic carbocycles. The van der Waals surface area contributed by atoms with Crippen LogP contribution >= 0.6 is 11.6 Å². The highest BCUT2D eigenvalue weighted by Gasteiger charge is 2.54. The standard InChI is InChI=1S/C19H19ClN2O3S/c1-12-6-7-16(8-13(12)2)22-18-11-26(24,25)10-17(18)21(19(22)23)15-5-3-4-14(20)9-15/h3-9,17-18H,10-11H2,1-2H3/t17-,18+/m1/s1. The molecule has 4 rings (SSSR count). The van der Waals surface area contributed by atoms with E-state index in [1.807, 2.05) is 32.0 Å². The Morgan fingerprint density at radius 3 is 2.12 bits per heavy atom. The third kappa shape index (κ3) is 2.77. The van der Waals surface area contributed by atoms with Crippen molar-refractivity contribution in [2.45, 2.75) is 25.9 Å². The summed E-state index contributed by atoms with van der Waals surface area (Å²) in [6.07, 6.45) is 0. The molecule has 0 radical (unpaired) electrons. The van der Waals surface area contributed by atoms with Gasteiger partial charge in [-0.2, -0.15) is 0 Å². The number of rotatable bonds is 2. The van der Waals surface area contributed by atoms with Crippen LogP contribution < -0.4 is 9.80 Å². The van der Waals surface area contributed by atoms with E-state index in [0.29, 0.717) is 10.7 Å². The van der Waals surface area contributed by atoms with Crippen LogP contribution in [0.15, 0.2) is 42.5 Å². The molecular weight excluding hydrogens is 372 g/mol. The number of aryl methyl sites for hydroxylation is 2. The van der Waals surface area contributed by atoms with Crippen LogP contribution in [0.4, 0.5) is 16.2 Å². The average molecular weight is 391 g/mol. The Labute approximate surface area is 158 Å². The molecule has 2 saturated heterocycles. The number of carbonyl (C=O) groups is 1. The summed E-state index contributed by atoms with van der Waals surface area (Å²) in [7, 11) is -3.21. The third-order valence-corrected chi connectivity index (χ3v) is 7.16. The zero-order valence-electron chi connectivity index (χ0n) is 14.5. The quantitative estimate of drug-likeness (QED) is 0.736. The maximum Gasteiger partial charge on any atom is 0.329 e. The lowest BCUT2D eigenvalue weighted by atomic mass is 10.1. The van der Waals surface area contributed by atoms with Gasteiger partial charge in [0.25, 0.3) is 0 Å². The number of amides is 2. The lowest BCUT2D eigenvalue weighted by Crippen LogP contribution is -2.38. The predicted octanol–water partition coefficient (Wildman–Crippen LogP) is 3.57. The normalized spacial score (nSPS) is 24.2. The van der Waals surface area contributed by atoms with Gasteiger partial charge in [-0.1, -0.05) is 23.7 Å². The van der Waals surface area contributed by atoms with Crippen molar-refractivity contribution in [1.82, 2.24) is 0 Å². The van der Waals surface area contributed by atoms with Gasteiger partial charge in [0.05, 0.1) is 23.6 Å². The van der Waals surface area contributed by atoms with Gasteiger partial charge in [0.2, 0.25) is 0 Å². The molecule has 0 spiro atoms. The van der Waals surface area contributed by atoms with Crippen molar-refractivity contribution in [1.29, 1.82) is 0 Å². The first-order valence-corrected chi connectivity index (χ1v) is 10.6. The molecule has 5 nitrogen and oxygen atoms in total. The Hall–Kier alpha value is -2.05. The summed E-state index contributed by atoms with van der Waals surface area (Å²) in [5.74, 6) is -0.0509. The number of anilines is 2. The summed E-state index contributed by atoms with van der Waals surface area (Å²) in [5, 5.41) is 0.511. The fourth-order valence-electron chi connectivity index (χ4n) is 3.81. The highest BCUT2D eigenvalue weighted by molar-refractivity contribution is 7.91. The lowest BCUT2D eigenvalue weighted by Gasteiger charge is -2.23. The fourth-order valence-corrected chi connectivity index (χ4v) is 5.91. The van der Waals surface area contributed by atoms with Gasteiger partial charge < -0.3 is 0 Å². The molecule has 2 amide bonds.